The average Bonchev–Trinajstić information content (AvgIpc) is 3.29. The van der Waals surface area contributed by atoms with Crippen LogP contribution in [-0.4, -0.2) is 39.9 Å². The summed E-state index contributed by atoms with van der Waals surface area (Å²) in [6.45, 7) is 5.90. The molecule has 1 fully saturated rings. The summed E-state index contributed by atoms with van der Waals surface area (Å²) in [5.74, 6) is 0. The van der Waals surface area contributed by atoms with E-state index in [4.69, 9.17) is 0 Å². The number of urea groups is 1. The molecule has 0 aliphatic carbocycles. The molecule has 0 radical (unpaired) electrons. The van der Waals surface area contributed by atoms with E-state index in [0.717, 1.165) is 34.7 Å². The third-order valence-electron chi connectivity index (χ3n) is 6.38. The number of carbonyl (C=O) groups is 1. The number of benzene rings is 2. The van der Waals surface area contributed by atoms with Gasteiger partial charge in [-0.3, -0.25) is 9.30 Å². The third kappa shape index (κ3) is 4.97. The highest BCUT2D eigenvalue weighted by atomic mass is 16.2. The number of nitrogens with zero attached hydrogens (tertiary/aromatic N) is 3. The molecule has 0 spiro atoms. The minimum absolute atomic E-state index is 0.204. The van der Waals surface area contributed by atoms with E-state index in [0.29, 0.717) is 6.54 Å². The van der Waals surface area contributed by atoms with E-state index in [1.807, 2.05) is 37.4 Å². The Morgan fingerprint density at radius 2 is 1.74 bits per heavy atom. The third-order valence-corrected chi connectivity index (χ3v) is 6.38. The summed E-state index contributed by atoms with van der Waals surface area (Å²) in [6.07, 6.45) is 7.94. The monoisotopic (exact) mass is 453 g/mol. The lowest BCUT2D eigenvalue weighted by atomic mass is 10.0. The van der Waals surface area contributed by atoms with Gasteiger partial charge in [-0.15, -0.1) is 0 Å². The molecule has 3 heterocycles. The normalized spacial score (nSPS) is 14.3. The summed E-state index contributed by atoms with van der Waals surface area (Å²) in [4.78, 5) is 19.1. The number of likely N-dealkylation sites (tertiary alicyclic amines) is 1. The van der Waals surface area contributed by atoms with Gasteiger partial charge in [-0.25, -0.2) is 9.78 Å². The van der Waals surface area contributed by atoms with Gasteiger partial charge in [-0.05, 0) is 79.9 Å². The molecule has 1 aliphatic heterocycles. The minimum atomic E-state index is -0.204. The Bertz CT molecular complexity index is 1290. The minimum Gasteiger partial charge on any atom is -0.338 e. The van der Waals surface area contributed by atoms with Gasteiger partial charge in [0, 0.05) is 30.5 Å². The predicted octanol–water partition coefficient (Wildman–Crippen LogP) is 5.80. The van der Waals surface area contributed by atoms with Crippen molar-refractivity contribution < 1.29 is 4.79 Å². The highest BCUT2D eigenvalue weighted by Gasteiger charge is 2.12. The lowest BCUT2D eigenvalue weighted by Crippen LogP contribution is -2.29. The molecule has 4 aromatic rings. The van der Waals surface area contributed by atoms with Crippen molar-refractivity contribution in [3.8, 4) is 22.4 Å². The van der Waals surface area contributed by atoms with Gasteiger partial charge >= 0.3 is 6.03 Å². The van der Waals surface area contributed by atoms with Gasteiger partial charge in [-0.2, -0.15) is 0 Å². The highest BCUT2D eigenvalue weighted by Crippen LogP contribution is 2.27. The van der Waals surface area contributed by atoms with E-state index < -0.39 is 0 Å². The van der Waals surface area contributed by atoms with Crippen LogP contribution in [0.25, 0.3) is 28.0 Å². The Morgan fingerprint density at radius 3 is 2.59 bits per heavy atom. The van der Waals surface area contributed by atoms with Gasteiger partial charge in [0.1, 0.15) is 5.65 Å². The van der Waals surface area contributed by atoms with Gasteiger partial charge < -0.3 is 10.6 Å². The van der Waals surface area contributed by atoms with Crippen molar-refractivity contribution in [3.05, 3.63) is 78.6 Å². The van der Waals surface area contributed by atoms with E-state index >= 15 is 0 Å². The zero-order valence-corrected chi connectivity index (χ0v) is 19.6. The van der Waals surface area contributed by atoms with E-state index in [-0.39, 0.29) is 6.03 Å². The number of nitrogens with one attached hydrogen (secondary N) is 2. The van der Waals surface area contributed by atoms with Gasteiger partial charge in [0.15, 0.2) is 0 Å². The molecule has 2 amide bonds. The first kappa shape index (κ1) is 22.2. The van der Waals surface area contributed by atoms with Gasteiger partial charge in [0.05, 0.1) is 11.9 Å². The van der Waals surface area contributed by atoms with E-state index in [1.165, 1.54) is 43.5 Å². The van der Waals surface area contributed by atoms with Crippen molar-refractivity contribution in [1.29, 1.82) is 0 Å². The number of rotatable bonds is 6. The van der Waals surface area contributed by atoms with E-state index in [2.05, 4.69) is 67.5 Å². The number of anilines is 1. The fraction of sp³-hybridized carbons (Fsp3) is 0.286. The van der Waals surface area contributed by atoms with Crippen LogP contribution in [0.3, 0.4) is 0 Å². The second-order valence-corrected chi connectivity index (χ2v) is 8.89. The zero-order valence-electron chi connectivity index (χ0n) is 19.6. The van der Waals surface area contributed by atoms with Crippen molar-refractivity contribution in [1.82, 2.24) is 19.6 Å². The molecule has 34 heavy (non-hydrogen) atoms. The number of aromatic nitrogens is 2. The van der Waals surface area contributed by atoms with Crippen LogP contribution in [0.1, 0.15) is 31.7 Å². The predicted molar refractivity (Wildman–Crippen MR) is 138 cm³/mol. The summed E-state index contributed by atoms with van der Waals surface area (Å²) in [5, 5.41) is 5.63. The van der Waals surface area contributed by atoms with Crippen molar-refractivity contribution in [2.75, 3.05) is 25.0 Å². The molecular formula is C28H31N5O. The number of amides is 2. The maximum absolute atomic E-state index is 11.9. The fourth-order valence-corrected chi connectivity index (χ4v) is 4.69. The number of pyridine rings is 1. The Morgan fingerprint density at radius 1 is 0.941 bits per heavy atom. The van der Waals surface area contributed by atoms with E-state index in [9.17, 15) is 4.79 Å². The largest absolute Gasteiger partial charge is 0.338 e. The molecule has 1 saturated heterocycles. The van der Waals surface area contributed by atoms with Crippen LogP contribution in [0.5, 0.6) is 0 Å². The Hall–Kier alpha value is -3.64. The quantitative estimate of drug-likeness (QED) is 0.388. The van der Waals surface area contributed by atoms with Gasteiger partial charge in [-0.1, -0.05) is 36.8 Å². The van der Waals surface area contributed by atoms with Crippen LogP contribution >= 0.6 is 0 Å². The molecule has 2 aromatic heterocycles. The second-order valence-electron chi connectivity index (χ2n) is 8.89. The van der Waals surface area contributed by atoms with Crippen LogP contribution < -0.4 is 10.6 Å². The molecule has 2 aromatic carbocycles. The Kier molecular flexibility index (Phi) is 6.58. The number of fused-ring (bicyclic) bond motifs is 1. The summed E-state index contributed by atoms with van der Waals surface area (Å²) < 4.78 is 2.09. The summed E-state index contributed by atoms with van der Waals surface area (Å²) in [7, 11) is 0. The molecule has 0 bridgehead atoms. The van der Waals surface area contributed by atoms with Crippen molar-refractivity contribution in [2.45, 2.75) is 32.7 Å². The zero-order chi connectivity index (χ0) is 23.3. The molecule has 1 aliphatic rings. The Balaban J connectivity index is 1.38. The summed E-state index contributed by atoms with van der Waals surface area (Å²) in [6, 6.07) is 20.8. The number of piperidine rings is 1. The molecule has 174 valence electrons. The first-order valence-corrected chi connectivity index (χ1v) is 12.1. The molecular weight excluding hydrogens is 422 g/mol. The van der Waals surface area contributed by atoms with Crippen molar-refractivity contribution in [3.63, 3.8) is 0 Å². The van der Waals surface area contributed by atoms with Crippen molar-refractivity contribution >= 4 is 17.4 Å². The van der Waals surface area contributed by atoms with Crippen LogP contribution in [0, 0.1) is 0 Å². The lowest BCUT2D eigenvalue weighted by molar-refractivity contribution is 0.221. The molecule has 0 unspecified atom stereocenters. The second kappa shape index (κ2) is 10.1. The van der Waals surface area contributed by atoms with Crippen LogP contribution in [-0.2, 0) is 6.54 Å². The highest BCUT2D eigenvalue weighted by molar-refractivity contribution is 5.90. The SMILES string of the molecule is CCNC(=O)Nc1cccc(-c2cnc3cc(-c4cccc(CN5CCCCC5)c4)ccn23)c1. The topological polar surface area (TPSA) is 61.7 Å². The maximum atomic E-state index is 11.9. The standard InChI is InChI=1S/C28H31N5O/c1-2-29-28(34)31-25-11-7-10-24(17-25)26-19-30-27-18-23(12-15-33(26)27)22-9-6-8-21(16-22)20-32-13-4-3-5-14-32/h6-12,15-19H,2-5,13-14,20H2,1H3,(H2,29,31,34). The first-order valence-electron chi connectivity index (χ1n) is 12.1. The fourth-order valence-electron chi connectivity index (χ4n) is 4.69. The summed E-state index contributed by atoms with van der Waals surface area (Å²) >= 11 is 0. The molecule has 6 nitrogen and oxygen atoms in total. The molecule has 5 rings (SSSR count). The molecule has 0 saturated carbocycles. The number of hydrogen-bond donors (Lipinski definition) is 2. The number of hydrogen-bond acceptors (Lipinski definition) is 3. The maximum Gasteiger partial charge on any atom is 0.319 e. The number of carbonyl (C=O) groups excluding carboxylic acids is 1. The van der Waals surface area contributed by atoms with Crippen LogP contribution in [0.4, 0.5) is 10.5 Å². The smallest absolute Gasteiger partial charge is 0.319 e. The van der Waals surface area contributed by atoms with Crippen molar-refractivity contribution in [2.24, 2.45) is 0 Å². The lowest BCUT2D eigenvalue weighted by Gasteiger charge is -2.26. The molecule has 2 N–H and O–H groups in total. The molecule has 6 heteroatoms. The average molecular weight is 454 g/mol. The Labute approximate surface area is 200 Å². The van der Waals surface area contributed by atoms with Gasteiger partial charge in [0.25, 0.3) is 0 Å². The number of imidazole rings is 1. The van der Waals surface area contributed by atoms with Crippen LogP contribution in [0.15, 0.2) is 73.1 Å². The molecule has 0 atom stereocenters. The first-order chi connectivity index (χ1) is 16.7. The van der Waals surface area contributed by atoms with Crippen LogP contribution in [0.2, 0.25) is 0 Å². The summed E-state index contributed by atoms with van der Waals surface area (Å²) in [5.41, 5.74) is 7.38. The van der Waals surface area contributed by atoms with E-state index in [1.54, 1.807) is 0 Å². The van der Waals surface area contributed by atoms with Gasteiger partial charge in [0.2, 0.25) is 0 Å².